The third-order valence-corrected chi connectivity index (χ3v) is 8.31. The average molecular weight is 473 g/mol. The molecule has 1 aromatic carbocycles. The van der Waals surface area contributed by atoms with E-state index in [0.29, 0.717) is 35.9 Å². The Balaban J connectivity index is 1.64. The maximum atomic E-state index is 13.8. The van der Waals surface area contributed by atoms with Crippen molar-refractivity contribution in [2.24, 2.45) is 5.92 Å². The molecule has 0 amide bonds. The number of pyridine rings is 1. The van der Waals surface area contributed by atoms with Crippen molar-refractivity contribution in [3.8, 4) is 5.75 Å². The molecule has 0 bridgehead atoms. The number of benzene rings is 1. The van der Waals surface area contributed by atoms with Crippen LogP contribution in [0.15, 0.2) is 48.0 Å². The second-order valence-corrected chi connectivity index (χ2v) is 10.4. The minimum Gasteiger partial charge on any atom is -0.493 e. The topological polar surface area (TPSA) is 89.0 Å². The van der Waals surface area contributed by atoms with Gasteiger partial charge in [-0.05, 0) is 67.9 Å². The molecule has 4 rings (SSSR count). The van der Waals surface area contributed by atoms with E-state index in [1.54, 1.807) is 24.4 Å². The highest BCUT2D eigenvalue weighted by Gasteiger charge is 2.35. The van der Waals surface area contributed by atoms with Gasteiger partial charge in [0.2, 0.25) is 0 Å². The van der Waals surface area contributed by atoms with Gasteiger partial charge in [-0.15, -0.1) is 6.58 Å². The highest BCUT2D eigenvalue weighted by atomic mass is 32.2. The SMILES string of the molecule is C=C[C@H]1CCc2cc(CC)ncc2N1S(=O)(=O)c1ccc(OCC2CCOCC2)c(CO)c1. The summed E-state index contributed by atoms with van der Waals surface area (Å²) in [4.78, 5) is 4.56. The normalized spacial score (nSPS) is 19.2. The molecular weight excluding hydrogens is 440 g/mol. The molecule has 8 heteroatoms. The Bertz CT molecular complexity index is 1100. The fraction of sp³-hybridized carbons (Fsp3) is 0.480. The lowest BCUT2D eigenvalue weighted by molar-refractivity contribution is 0.0494. The zero-order chi connectivity index (χ0) is 23.4. The van der Waals surface area contributed by atoms with E-state index in [2.05, 4.69) is 11.6 Å². The number of fused-ring (bicyclic) bond motifs is 1. The molecule has 2 aliphatic heterocycles. The van der Waals surface area contributed by atoms with E-state index in [9.17, 15) is 13.5 Å². The minimum absolute atomic E-state index is 0.115. The van der Waals surface area contributed by atoms with Crippen LogP contribution in [0.4, 0.5) is 5.69 Å². The molecule has 7 nitrogen and oxygen atoms in total. The van der Waals surface area contributed by atoms with Crippen LogP contribution in [0.5, 0.6) is 5.75 Å². The summed E-state index contributed by atoms with van der Waals surface area (Å²) < 4.78 is 40.3. The molecule has 3 heterocycles. The van der Waals surface area contributed by atoms with Gasteiger partial charge < -0.3 is 14.6 Å². The summed E-state index contributed by atoms with van der Waals surface area (Å²) in [5.41, 5.74) is 2.96. The molecule has 2 aliphatic rings. The average Bonchev–Trinajstić information content (AvgIpc) is 2.86. The van der Waals surface area contributed by atoms with Crippen molar-refractivity contribution in [3.63, 3.8) is 0 Å². The standard InChI is InChI=1S/C25H32N2O5S/c1-3-21-13-19-5-6-22(4-2)27(24(19)15-26-21)33(29,30)23-7-8-25(20(14-23)16-28)32-17-18-9-11-31-12-10-18/h4,7-8,13-15,18,22,28H,2-3,5-6,9-12,16-17H2,1H3/t22-/m0/s1. The zero-order valence-electron chi connectivity index (χ0n) is 19.1. The van der Waals surface area contributed by atoms with Gasteiger partial charge in [-0.1, -0.05) is 13.0 Å². The van der Waals surface area contributed by atoms with Crippen LogP contribution in [0.25, 0.3) is 0 Å². The summed E-state index contributed by atoms with van der Waals surface area (Å²) in [6.45, 7) is 7.57. The highest BCUT2D eigenvalue weighted by Crippen LogP contribution is 2.37. The van der Waals surface area contributed by atoms with E-state index in [-0.39, 0.29) is 17.5 Å². The lowest BCUT2D eigenvalue weighted by Gasteiger charge is -2.36. The maximum Gasteiger partial charge on any atom is 0.264 e. The molecular formula is C25H32N2O5S. The third kappa shape index (κ3) is 4.93. The first-order chi connectivity index (χ1) is 16.0. The first-order valence-corrected chi connectivity index (χ1v) is 13.0. The van der Waals surface area contributed by atoms with Crippen LogP contribution in [0, 0.1) is 5.92 Å². The van der Waals surface area contributed by atoms with Crippen LogP contribution in [0.2, 0.25) is 0 Å². The Labute approximate surface area is 196 Å². The van der Waals surface area contributed by atoms with Crippen molar-refractivity contribution in [1.29, 1.82) is 0 Å². The summed E-state index contributed by atoms with van der Waals surface area (Å²) in [7, 11) is -3.90. The second kappa shape index (κ2) is 10.2. The smallest absolute Gasteiger partial charge is 0.264 e. The molecule has 1 aromatic heterocycles. The molecule has 33 heavy (non-hydrogen) atoms. The summed E-state index contributed by atoms with van der Waals surface area (Å²) >= 11 is 0. The number of anilines is 1. The second-order valence-electron chi connectivity index (χ2n) is 8.59. The number of rotatable bonds is 8. The minimum atomic E-state index is -3.90. The van der Waals surface area contributed by atoms with Gasteiger partial charge in [0.25, 0.3) is 10.0 Å². The number of sulfonamides is 1. The fourth-order valence-corrected chi connectivity index (χ4v) is 6.20. The first kappa shape index (κ1) is 23.7. The summed E-state index contributed by atoms with van der Waals surface area (Å²) in [6.07, 6.45) is 7.42. The van der Waals surface area contributed by atoms with Crippen molar-refractivity contribution < 1.29 is 23.0 Å². The van der Waals surface area contributed by atoms with Crippen molar-refractivity contribution in [3.05, 3.63) is 59.9 Å². The molecule has 2 aromatic rings. The summed E-state index contributed by atoms with van der Waals surface area (Å²) in [5, 5.41) is 9.93. The summed E-state index contributed by atoms with van der Waals surface area (Å²) in [6, 6.07) is 6.33. The van der Waals surface area contributed by atoms with Gasteiger partial charge in [-0.25, -0.2) is 8.42 Å². The van der Waals surface area contributed by atoms with Crippen LogP contribution >= 0.6 is 0 Å². The van der Waals surface area contributed by atoms with E-state index in [1.807, 2.05) is 13.0 Å². The Morgan fingerprint density at radius 2 is 2.06 bits per heavy atom. The number of aryl methyl sites for hydroxylation is 2. The number of aromatic nitrogens is 1. The van der Waals surface area contributed by atoms with Gasteiger partial charge in [0, 0.05) is 24.5 Å². The van der Waals surface area contributed by atoms with E-state index < -0.39 is 10.0 Å². The maximum absolute atomic E-state index is 13.8. The molecule has 1 atom stereocenters. The number of aliphatic hydroxyl groups excluding tert-OH is 1. The quantitative estimate of drug-likeness (QED) is 0.590. The van der Waals surface area contributed by atoms with Gasteiger partial charge in [-0.2, -0.15) is 0 Å². The largest absolute Gasteiger partial charge is 0.493 e. The molecule has 1 N–H and O–H groups in total. The highest BCUT2D eigenvalue weighted by molar-refractivity contribution is 7.92. The number of nitrogens with zero attached hydrogens (tertiary/aromatic N) is 2. The lowest BCUT2D eigenvalue weighted by atomic mass is 9.98. The van der Waals surface area contributed by atoms with Gasteiger partial charge in [0.05, 0.1) is 36.0 Å². The lowest BCUT2D eigenvalue weighted by Crippen LogP contribution is -2.42. The Morgan fingerprint density at radius 3 is 2.76 bits per heavy atom. The van der Waals surface area contributed by atoms with Crippen molar-refractivity contribution in [1.82, 2.24) is 4.98 Å². The van der Waals surface area contributed by atoms with Gasteiger partial charge >= 0.3 is 0 Å². The molecule has 0 spiro atoms. The van der Waals surface area contributed by atoms with Gasteiger partial charge in [0.1, 0.15) is 5.75 Å². The van der Waals surface area contributed by atoms with Gasteiger partial charge in [0.15, 0.2) is 0 Å². The van der Waals surface area contributed by atoms with Crippen LogP contribution < -0.4 is 9.04 Å². The molecule has 0 unspecified atom stereocenters. The number of ether oxygens (including phenoxy) is 2. The van der Waals surface area contributed by atoms with E-state index >= 15 is 0 Å². The number of aliphatic hydroxyl groups is 1. The van der Waals surface area contributed by atoms with Crippen LogP contribution in [-0.4, -0.2) is 44.4 Å². The van der Waals surface area contributed by atoms with Crippen molar-refractivity contribution in [2.75, 3.05) is 24.1 Å². The van der Waals surface area contributed by atoms with Crippen molar-refractivity contribution >= 4 is 15.7 Å². The number of hydrogen-bond acceptors (Lipinski definition) is 6. The third-order valence-electron chi connectivity index (χ3n) is 6.48. The Morgan fingerprint density at radius 1 is 1.27 bits per heavy atom. The zero-order valence-corrected chi connectivity index (χ0v) is 19.9. The van der Waals surface area contributed by atoms with Crippen LogP contribution in [0.3, 0.4) is 0 Å². The predicted molar refractivity (Wildman–Crippen MR) is 127 cm³/mol. The predicted octanol–water partition coefficient (Wildman–Crippen LogP) is 3.64. The van der Waals surface area contributed by atoms with E-state index in [1.165, 1.54) is 10.4 Å². The number of hydrogen-bond donors (Lipinski definition) is 1. The molecule has 178 valence electrons. The van der Waals surface area contributed by atoms with Gasteiger partial charge in [-0.3, -0.25) is 9.29 Å². The van der Waals surface area contributed by atoms with Crippen molar-refractivity contribution in [2.45, 2.75) is 56.6 Å². The van der Waals surface area contributed by atoms with E-state index in [4.69, 9.17) is 9.47 Å². The molecule has 0 aliphatic carbocycles. The van der Waals surface area contributed by atoms with Crippen LogP contribution in [-0.2, 0) is 34.2 Å². The first-order valence-electron chi connectivity index (χ1n) is 11.6. The Hall–Kier alpha value is -2.42. The fourth-order valence-electron chi connectivity index (χ4n) is 4.47. The molecule has 0 saturated carbocycles. The molecule has 1 fully saturated rings. The van der Waals surface area contributed by atoms with E-state index in [0.717, 1.165) is 50.2 Å². The molecule has 1 saturated heterocycles. The molecule has 0 radical (unpaired) electrons. The monoisotopic (exact) mass is 472 g/mol. The van der Waals surface area contributed by atoms with Crippen LogP contribution in [0.1, 0.15) is 43.0 Å². The summed E-state index contributed by atoms with van der Waals surface area (Å²) in [5.74, 6) is 0.906. The Kier molecular flexibility index (Phi) is 7.36.